The number of rotatable bonds is 4. The lowest BCUT2D eigenvalue weighted by Gasteiger charge is -2.07. The molecule has 132 valence electrons. The minimum atomic E-state index is -0.250. The Kier molecular flexibility index (Phi) is 5.98. The SMILES string of the molecule is CCc1ccc(C(=O)NC(=S)Nc2nc(-c3ccc(Cl)cc3)cs2)cc1. The number of thiocarbonyl (C=S) groups is 1. The second-order valence-corrected chi connectivity index (χ2v) is 7.21. The minimum Gasteiger partial charge on any atom is -0.308 e. The molecule has 0 atom stereocenters. The predicted molar refractivity (Wildman–Crippen MR) is 112 cm³/mol. The first-order chi connectivity index (χ1) is 12.5. The van der Waals surface area contributed by atoms with Crippen LogP contribution in [0.5, 0.6) is 0 Å². The van der Waals surface area contributed by atoms with Crippen molar-refractivity contribution >= 4 is 51.3 Å². The molecule has 0 aliphatic carbocycles. The molecule has 1 aromatic heterocycles. The van der Waals surface area contributed by atoms with Crippen LogP contribution in [0.1, 0.15) is 22.8 Å². The summed E-state index contributed by atoms with van der Waals surface area (Å²) in [5.74, 6) is -0.250. The Bertz CT molecular complexity index is 921. The molecule has 0 saturated carbocycles. The largest absolute Gasteiger partial charge is 0.308 e. The molecule has 0 aliphatic rings. The van der Waals surface area contributed by atoms with Crippen molar-refractivity contribution in [3.8, 4) is 11.3 Å². The fraction of sp³-hybridized carbons (Fsp3) is 0.105. The summed E-state index contributed by atoms with van der Waals surface area (Å²) >= 11 is 12.5. The van der Waals surface area contributed by atoms with Crippen molar-refractivity contribution in [2.24, 2.45) is 0 Å². The molecule has 0 saturated heterocycles. The van der Waals surface area contributed by atoms with E-state index in [9.17, 15) is 4.79 Å². The summed E-state index contributed by atoms with van der Waals surface area (Å²) in [4.78, 5) is 16.7. The molecule has 1 amide bonds. The van der Waals surface area contributed by atoms with Gasteiger partial charge >= 0.3 is 0 Å². The molecule has 4 nitrogen and oxygen atoms in total. The Hall–Kier alpha value is -2.28. The monoisotopic (exact) mass is 401 g/mol. The molecular weight excluding hydrogens is 386 g/mol. The first-order valence-electron chi connectivity index (χ1n) is 7.98. The molecule has 0 fully saturated rings. The van der Waals surface area contributed by atoms with Crippen LogP contribution in [0.2, 0.25) is 5.02 Å². The van der Waals surface area contributed by atoms with Crippen molar-refractivity contribution in [1.82, 2.24) is 10.3 Å². The average Bonchev–Trinajstić information content (AvgIpc) is 3.10. The number of hydrogen-bond acceptors (Lipinski definition) is 4. The van der Waals surface area contributed by atoms with E-state index in [1.165, 1.54) is 16.9 Å². The van der Waals surface area contributed by atoms with Crippen molar-refractivity contribution in [2.45, 2.75) is 13.3 Å². The van der Waals surface area contributed by atoms with Crippen molar-refractivity contribution in [2.75, 3.05) is 5.32 Å². The zero-order valence-electron chi connectivity index (χ0n) is 14.0. The predicted octanol–water partition coefficient (Wildman–Crippen LogP) is 5.15. The highest BCUT2D eigenvalue weighted by Crippen LogP contribution is 2.25. The second kappa shape index (κ2) is 8.40. The number of amides is 1. The molecule has 0 bridgehead atoms. The van der Waals surface area contributed by atoms with Crippen molar-refractivity contribution in [1.29, 1.82) is 0 Å². The zero-order chi connectivity index (χ0) is 18.5. The highest BCUT2D eigenvalue weighted by atomic mass is 35.5. The van der Waals surface area contributed by atoms with E-state index in [0.717, 1.165) is 17.7 Å². The maximum atomic E-state index is 12.2. The number of nitrogens with one attached hydrogen (secondary N) is 2. The molecule has 0 spiro atoms. The van der Waals surface area contributed by atoms with E-state index >= 15 is 0 Å². The number of anilines is 1. The van der Waals surface area contributed by atoms with E-state index in [4.69, 9.17) is 23.8 Å². The normalized spacial score (nSPS) is 10.4. The molecule has 3 aromatic rings. The van der Waals surface area contributed by atoms with Crippen molar-refractivity contribution < 1.29 is 4.79 Å². The lowest BCUT2D eigenvalue weighted by atomic mass is 10.1. The van der Waals surface area contributed by atoms with Crippen LogP contribution in [-0.4, -0.2) is 16.0 Å². The number of aryl methyl sites for hydroxylation is 1. The summed E-state index contributed by atoms with van der Waals surface area (Å²) in [6, 6.07) is 14.9. The van der Waals surface area contributed by atoms with Crippen LogP contribution in [0.15, 0.2) is 53.9 Å². The lowest BCUT2D eigenvalue weighted by molar-refractivity contribution is 0.0977. The molecule has 1 heterocycles. The maximum Gasteiger partial charge on any atom is 0.257 e. The van der Waals surface area contributed by atoms with E-state index in [2.05, 4.69) is 22.5 Å². The second-order valence-electron chi connectivity index (χ2n) is 5.50. The van der Waals surface area contributed by atoms with Gasteiger partial charge in [0, 0.05) is 21.5 Å². The van der Waals surface area contributed by atoms with Gasteiger partial charge in [0.15, 0.2) is 10.2 Å². The minimum absolute atomic E-state index is 0.214. The zero-order valence-corrected chi connectivity index (χ0v) is 16.3. The van der Waals surface area contributed by atoms with Gasteiger partial charge in [0.05, 0.1) is 5.69 Å². The third-order valence-corrected chi connectivity index (χ3v) is 4.93. The molecule has 2 N–H and O–H groups in total. The summed E-state index contributed by atoms with van der Waals surface area (Å²) in [7, 11) is 0. The number of hydrogen-bond donors (Lipinski definition) is 2. The molecule has 0 unspecified atom stereocenters. The van der Waals surface area contributed by atoms with Gasteiger partial charge < -0.3 is 5.32 Å². The Morgan fingerprint density at radius 2 is 1.85 bits per heavy atom. The summed E-state index contributed by atoms with van der Waals surface area (Å²) in [6.45, 7) is 2.07. The summed E-state index contributed by atoms with van der Waals surface area (Å²) in [5, 5.41) is 9.04. The first-order valence-corrected chi connectivity index (χ1v) is 9.64. The van der Waals surface area contributed by atoms with Crippen LogP contribution in [0.4, 0.5) is 5.13 Å². The Morgan fingerprint density at radius 1 is 1.15 bits per heavy atom. The van der Waals surface area contributed by atoms with Gasteiger partial charge in [0.2, 0.25) is 0 Å². The molecule has 3 rings (SSSR count). The Balaban J connectivity index is 1.61. The summed E-state index contributed by atoms with van der Waals surface area (Å²) in [5.41, 5.74) is 3.52. The van der Waals surface area contributed by atoms with Crippen molar-refractivity contribution in [3.63, 3.8) is 0 Å². The van der Waals surface area contributed by atoms with E-state index in [-0.39, 0.29) is 11.0 Å². The smallest absolute Gasteiger partial charge is 0.257 e. The average molecular weight is 402 g/mol. The van der Waals surface area contributed by atoms with Gasteiger partial charge in [0.25, 0.3) is 5.91 Å². The van der Waals surface area contributed by atoms with Crippen LogP contribution in [0, 0.1) is 0 Å². The van der Waals surface area contributed by atoms with Gasteiger partial charge in [-0.25, -0.2) is 4.98 Å². The number of carbonyl (C=O) groups excluding carboxylic acids is 1. The molecule has 0 radical (unpaired) electrons. The van der Waals surface area contributed by atoms with Crippen LogP contribution in [0.3, 0.4) is 0 Å². The first kappa shape index (κ1) is 18.5. The Morgan fingerprint density at radius 3 is 2.50 bits per heavy atom. The number of aromatic nitrogens is 1. The molecule has 2 aromatic carbocycles. The third kappa shape index (κ3) is 4.66. The quantitative estimate of drug-likeness (QED) is 0.593. The topological polar surface area (TPSA) is 54.0 Å². The number of benzene rings is 2. The third-order valence-electron chi connectivity index (χ3n) is 3.72. The van der Waals surface area contributed by atoms with Crippen LogP contribution in [-0.2, 0) is 6.42 Å². The van der Waals surface area contributed by atoms with E-state index in [1.54, 1.807) is 12.1 Å². The fourth-order valence-corrected chi connectivity index (χ4v) is 3.38. The van der Waals surface area contributed by atoms with Crippen LogP contribution >= 0.6 is 35.2 Å². The van der Waals surface area contributed by atoms with E-state index < -0.39 is 0 Å². The molecule has 0 aliphatic heterocycles. The van der Waals surface area contributed by atoms with Gasteiger partial charge in [-0.3, -0.25) is 10.1 Å². The van der Waals surface area contributed by atoms with Gasteiger partial charge in [-0.1, -0.05) is 42.8 Å². The fourth-order valence-electron chi connectivity index (χ4n) is 2.28. The van der Waals surface area contributed by atoms with Gasteiger partial charge in [-0.2, -0.15) is 0 Å². The lowest BCUT2D eigenvalue weighted by Crippen LogP contribution is -2.34. The highest BCUT2D eigenvalue weighted by molar-refractivity contribution is 7.80. The van der Waals surface area contributed by atoms with Gasteiger partial charge in [0.1, 0.15) is 0 Å². The number of carbonyl (C=O) groups is 1. The Labute approximate surface area is 166 Å². The summed E-state index contributed by atoms with van der Waals surface area (Å²) < 4.78 is 0. The van der Waals surface area contributed by atoms with Gasteiger partial charge in [-0.05, 0) is 48.5 Å². The van der Waals surface area contributed by atoms with Crippen molar-refractivity contribution in [3.05, 3.63) is 70.1 Å². The highest BCUT2D eigenvalue weighted by Gasteiger charge is 2.10. The van der Waals surface area contributed by atoms with E-state index in [0.29, 0.717) is 15.7 Å². The summed E-state index contributed by atoms with van der Waals surface area (Å²) in [6.07, 6.45) is 0.932. The maximum absolute atomic E-state index is 12.2. The number of nitrogens with zero attached hydrogens (tertiary/aromatic N) is 1. The standard InChI is InChI=1S/C19H16ClN3OS2/c1-2-12-3-5-14(6-4-12)17(24)22-18(25)23-19-21-16(11-26-19)13-7-9-15(20)10-8-13/h3-11H,2H2,1H3,(H2,21,22,23,24,25). The van der Waals surface area contributed by atoms with E-state index in [1.807, 2.05) is 41.8 Å². The molecular formula is C19H16ClN3OS2. The van der Waals surface area contributed by atoms with Crippen LogP contribution in [0.25, 0.3) is 11.3 Å². The molecule has 7 heteroatoms. The van der Waals surface area contributed by atoms with Crippen LogP contribution < -0.4 is 10.6 Å². The molecule has 26 heavy (non-hydrogen) atoms. The number of thiazole rings is 1. The number of halogens is 1. The van der Waals surface area contributed by atoms with Gasteiger partial charge in [-0.15, -0.1) is 11.3 Å².